The Balaban J connectivity index is 1.60. The van der Waals surface area contributed by atoms with E-state index >= 15 is 0 Å². The molecule has 5 heteroatoms. The summed E-state index contributed by atoms with van der Waals surface area (Å²) in [7, 11) is 0. The van der Waals surface area contributed by atoms with Gasteiger partial charge in [-0.25, -0.2) is 0 Å². The van der Waals surface area contributed by atoms with E-state index in [0.717, 1.165) is 28.2 Å². The lowest BCUT2D eigenvalue weighted by atomic mass is 9.98. The normalized spacial score (nSPS) is 16.4. The first kappa shape index (κ1) is 18.7. The van der Waals surface area contributed by atoms with Gasteiger partial charge in [-0.3, -0.25) is 14.9 Å². The minimum absolute atomic E-state index is 0.0471. The molecule has 1 fully saturated rings. The zero-order valence-corrected chi connectivity index (χ0v) is 17.0. The van der Waals surface area contributed by atoms with Crippen LogP contribution in [0.25, 0.3) is 10.9 Å². The number of imide groups is 1. The Kier molecular flexibility index (Phi) is 4.89. The average molecular weight is 413 g/mol. The zero-order chi connectivity index (χ0) is 20.5. The van der Waals surface area contributed by atoms with Crippen molar-refractivity contribution in [2.24, 2.45) is 0 Å². The number of benzene rings is 3. The fourth-order valence-electron chi connectivity index (χ4n) is 4.17. The van der Waals surface area contributed by atoms with Crippen LogP contribution in [0.5, 0.6) is 0 Å². The minimum Gasteiger partial charge on any atom is -0.336 e. The molecule has 1 N–H and O–H groups in total. The van der Waals surface area contributed by atoms with Gasteiger partial charge in [-0.05, 0) is 35.2 Å². The molecule has 5 rings (SSSR count). The number of nitrogens with zero attached hydrogens (tertiary/aromatic N) is 1. The number of hydrogen-bond acceptors (Lipinski definition) is 3. The highest BCUT2D eigenvalue weighted by Gasteiger charge is 2.32. The third-order valence-corrected chi connectivity index (χ3v) is 6.52. The maximum atomic E-state index is 12.1. The standard InChI is InChI=1S/C25H20N2O2S/c28-24-22(30-25(29)26-24)16-19-12-7-13-21-20(19)14-15-27(21)23(17-8-3-1-4-9-17)18-10-5-2-6-11-18/h1-15,22-23H,16H2,(H,26,28,29). The first-order valence-electron chi connectivity index (χ1n) is 9.90. The second-order valence-electron chi connectivity index (χ2n) is 7.38. The highest BCUT2D eigenvalue weighted by Crippen LogP contribution is 2.33. The van der Waals surface area contributed by atoms with E-state index in [9.17, 15) is 9.59 Å². The van der Waals surface area contributed by atoms with Gasteiger partial charge in [0.2, 0.25) is 5.91 Å². The molecule has 1 aliphatic heterocycles. The van der Waals surface area contributed by atoms with E-state index in [-0.39, 0.29) is 22.4 Å². The van der Waals surface area contributed by atoms with Crippen LogP contribution in [-0.2, 0) is 11.2 Å². The number of hydrogen-bond donors (Lipinski definition) is 1. The maximum Gasteiger partial charge on any atom is 0.286 e. The van der Waals surface area contributed by atoms with Crippen molar-refractivity contribution in [1.29, 1.82) is 0 Å². The fourth-order valence-corrected chi connectivity index (χ4v) is 5.01. The Bertz CT molecular complexity index is 1180. The predicted octanol–water partition coefficient (Wildman–Crippen LogP) is 5.17. The molecule has 0 radical (unpaired) electrons. The summed E-state index contributed by atoms with van der Waals surface area (Å²) in [6.45, 7) is 0. The molecule has 1 aliphatic rings. The van der Waals surface area contributed by atoms with E-state index in [0.29, 0.717) is 6.42 Å². The molecule has 30 heavy (non-hydrogen) atoms. The zero-order valence-electron chi connectivity index (χ0n) is 16.2. The SMILES string of the molecule is O=C1NC(=O)C(Cc2cccc3c2ccn3C(c2ccccc2)c2ccccc2)S1. The van der Waals surface area contributed by atoms with Crippen LogP contribution in [0, 0.1) is 0 Å². The number of thioether (sulfide) groups is 1. The van der Waals surface area contributed by atoms with Gasteiger partial charge in [0.05, 0.1) is 11.3 Å². The number of rotatable bonds is 5. The molecule has 0 saturated carbocycles. The molecule has 1 saturated heterocycles. The number of aromatic nitrogens is 1. The summed E-state index contributed by atoms with van der Waals surface area (Å²) in [6.07, 6.45) is 2.65. The predicted molar refractivity (Wildman–Crippen MR) is 121 cm³/mol. The largest absolute Gasteiger partial charge is 0.336 e. The van der Waals surface area contributed by atoms with Gasteiger partial charge in [0, 0.05) is 17.1 Å². The number of fused-ring (bicyclic) bond motifs is 1. The molecule has 3 aromatic carbocycles. The Morgan fingerprint density at radius 1 is 0.833 bits per heavy atom. The number of carbonyl (C=O) groups excluding carboxylic acids is 2. The van der Waals surface area contributed by atoms with Gasteiger partial charge >= 0.3 is 0 Å². The molecular formula is C25H20N2O2S. The molecule has 0 aliphatic carbocycles. The van der Waals surface area contributed by atoms with Gasteiger partial charge in [-0.2, -0.15) is 0 Å². The Hall–Kier alpha value is -3.31. The third-order valence-electron chi connectivity index (χ3n) is 5.53. The molecular weight excluding hydrogens is 392 g/mol. The molecule has 1 unspecified atom stereocenters. The van der Waals surface area contributed by atoms with Crippen molar-refractivity contribution in [1.82, 2.24) is 9.88 Å². The van der Waals surface area contributed by atoms with Crippen molar-refractivity contribution in [3.8, 4) is 0 Å². The second kappa shape index (κ2) is 7.84. The average Bonchev–Trinajstić information content (AvgIpc) is 3.33. The smallest absolute Gasteiger partial charge is 0.286 e. The quantitative estimate of drug-likeness (QED) is 0.492. The molecule has 1 aromatic heterocycles. The van der Waals surface area contributed by atoms with Gasteiger partial charge in [-0.1, -0.05) is 84.6 Å². The summed E-state index contributed by atoms with van der Waals surface area (Å²) in [6, 6.07) is 29.3. The maximum absolute atomic E-state index is 12.1. The lowest BCUT2D eigenvalue weighted by Crippen LogP contribution is -2.25. The van der Waals surface area contributed by atoms with Crippen LogP contribution < -0.4 is 5.32 Å². The van der Waals surface area contributed by atoms with E-state index in [1.54, 1.807) is 0 Å². The number of amides is 2. The van der Waals surface area contributed by atoms with Gasteiger partial charge < -0.3 is 4.57 Å². The van der Waals surface area contributed by atoms with Crippen molar-refractivity contribution in [3.63, 3.8) is 0 Å². The monoisotopic (exact) mass is 412 g/mol. The van der Waals surface area contributed by atoms with Crippen LogP contribution in [-0.4, -0.2) is 21.0 Å². The summed E-state index contributed by atoms with van der Waals surface area (Å²) in [5, 5.41) is 2.86. The highest BCUT2D eigenvalue weighted by molar-refractivity contribution is 8.15. The summed E-state index contributed by atoms with van der Waals surface area (Å²) in [4.78, 5) is 23.6. The van der Waals surface area contributed by atoms with E-state index in [1.807, 2.05) is 24.3 Å². The van der Waals surface area contributed by atoms with Crippen molar-refractivity contribution in [3.05, 3.63) is 108 Å². The summed E-state index contributed by atoms with van der Waals surface area (Å²) >= 11 is 1.08. The van der Waals surface area contributed by atoms with Crippen LogP contribution in [0.4, 0.5) is 4.79 Å². The lowest BCUT2D eigenvalue weighted by molar-refractivity contribution is -0.118. The van der Waals surface area contributed by atoms with Crippen molar-refractivity contribution >= 4 is 33.8 Å². The van der Waals surface area contributed by atoms with Crippen LogP contribution in [0.15, 0.2) is 91.1 Å². The first-order valence-corrected chi connectivity index (χ1v) is 10.8. The van der Waals surface area contributed by atoms with E-state index < -0.39 is 0 Å². The highest BCUT2D eigenvalue weighted by atomic mass is 32.2. The Labute approximate surface area is 178 Å². The van der Waals surface area contributed by atoms with Crippen LogP contribution >= 0.6 is 11.8 Å². The fraction of sp³-hybridized carbons (Fsp3) is 0.120. The van der Waals surface area contributed by atoms with Crippen LogP contribution in [0.3, 0.4) is 0 Å². The minimum atomic E-state index is -0.370. The van der Waals surface area contributed by atoms with Gasteiger partial charge in [-0.15, -0.1) is 0 Å². The molecule has 2 amide bonds. The molecule has 148 valence electrons. The van der Waals surface area contributed by atoms with Crippen molar-refractivity contribution < 1.29 is 9.59 Å². The Morgan fingerprint density at radius 3 is 2.10 bits per heavy atom. The molecule has 4 aromatic rings. The Morgan fingerprint density at radius 2 is 1.50 bits per heavy atom. The van der Waals surface area contributed by atoms with E-state index in [4.69, 9.17) is 0 Å². The van der Waals surface area contributed by atoms with E-state index in [1.165, 1.54) is 11.1 Å². The number of nitrogens with one attached hydrogen (secondary N) is 1. The third kappa shape index (κ3) is 3.42. The van der Waals surface area contributed by atoms with Gasteiger partial charge in [0.1, 0.15) is 0 Å². The van der Waals surface area contributed by atoms with Crippen LogP contribution in [0.2, 0.25) is 0 Å². The number of carbonyl (C=O) groups is 2. The van der Waals surface area contributed by atoms with Crippen LogP contribution in [0.1, 0.15) is 22.7 Å². The summed E-state index contributed by atoms with van der Waals surface area (Å²) in [5.74, 6) is -0.201. The molecule has 2 heterocycles. The van der Waals surface area contributed by atoms with Crippen molar-refractivity contribution in [2.75, 3.05) is 0 Å². The first-order chi connectivity index (χ1) is 14.7. The van der Waals surface area contributed by atoms with Gasteiger partial charge in [0.15, 0.2) is 0 Å². The molecule has 4 nitrogen and oxygen atoms in total. The molecule has 0 bridgehead atoms. The van der Waals surface area contributed by atoms with E-state index in [2.05, 4.69) is 76.7 Å². The second-order valence-corrected chi connectivity index (χ2v) is 8.56. The van der Waals surface area contributed by atoms with Gasteiger partial charge in [0.25, 0.3) is 5.24 Å². The summed E-state index contributed by atoms with van der Waals surface area (Å²) in [5.41, 5.74) is 4.61. The lowest BCUT2D eigenvalue weighted by Gasteiger charge is -2.22. The van der Waals surface area contributed by atoms with Crippen molar-refractivity contribution in [2.45, 2.75) is 17.7 Å². The summed E-state index contributed by atoms with van der Waals surface area (Å²) < 4.78 is 2.29. The topological polar surface area (TPSA) is 51.1 Å². The molecule has 0 spiro atoms. The molecule has 1 atom stereocenters.